The second kappa shape index (κ2) is 8.60. The van der Waals surface area contributed by atoms with Crippen LogP contribution in [0, 0.1) is 31.1 Å². The fourth-order valence-electron chi connectivity index (χ4n) is 2.49. The van der Waals surface area contributed by atoms with E-state index in [1.165, 1.54) is 0 Å². The quantitative estimate of drug-likeness (QED) is 0.659. The molecule has 0 radical (unpaired) electrons. The number of rotatable bonds is 4. The normalized spacial score (nSPS) is 9.96. The summed E-state index contributed by atoms with van der Waals surface area (Å²) in [6.45, 7) is 2.83. The molecule has 1 aromatic heterocycles. The minimum Gasteiger partial charge on any atom is -0.374 e. The zero-order valence-corrected chi connectivity index (χ0v) is 16.2. The third-order valence-electron chi connectivity index (χ3n) is 3.68. The number of benzene rings is 2. The van der Waals surface area contributed by atoms with Gasteiger partial charge in [-0.15, -0.1) is 17.8 Å². The van der Waals surface area contributed by atoms with Crippen molar-refractivity contribution in [1.82, 2.24) is 10.3 Å². The van der Waals surface area contributed by atoms with Gasteiger partial charge in [0.25, 0.3) is 5.91 Å². The Morgan fingerprint density at radius 2 is 2.19 bits per heavy atom. The highest BCUT2D eigenvalue weighted by Crippen LogP contribution is 2.29. The monoisotopic (exact) mass is 393 g/mol. The molecule has 0 unspecified atom stereocenters. The van der Waals surface area contributed by atoms with Crippen molar-refractivity contribution in [1.29, 1.82) is 0 Å². The van der Waals surface area contributed by atoms with E-state index in [0.717, 1.165) is 32.0 Å². The van der Waals surface area contributed by atoms with Gasteiger partial charge in [0, 0.05) is 17.8 Å². The summed E-state index contributed by atoms with van der Waals surface area (Å²) >= 11 is 7.89. The van der Waals surface area contributed by atoms with Crippen molar-refractivity contribution in [3.8, 4) is 24.2 Å². The molecule has 0 saturated carbocycles. The number of thiazole rings is 1. The largest absolute Gasteiger partial charge is 0.374 e. The van der Waals surface area contributed by atoms with Gasteiger partial charge in [0.15, 0.2) is 0 Å². The van der Waals surface area contributed by atoms with Crippen LogP contribution in [0.15, 0.2) is 36.4 Å². The number of carbonyl (C=O) groups is 1. The molecule has 27 heavy (non-hydrogen) atoms. The molecule has 4 nitrogen and oxygen atoms in total. The Kier molecular flexibility index (Phi) is 5.98. The fourth-order valence-corrected chi connectivity index (χ4v) is 3.70. The van der Waals surface area contributed by atoms with E-state index in [0.29, 0.717) is 18.1 Å². The van der Waals surface area contributed by atoms with Crippen molar-refractivity contribution in [2.45, 2.75) is 13.5 Å². The third-order valence-corrected chi connectivity index (χ3v) is 4.89. The summed E-state index contributed by atoms with van der Waals surface area (Å²) < 4.78 is 1.04. The van der Waals surface area contributed by atoms with Crippen molar-refractivity contribution in [2.24, 2.45) is 0 Å². The Morgan fingerprint density at radius 3 is 3.00 bits per heavy atom. The van der Waals surface area contributed by atoms with Gasteiger partial charge < -0.3 is 10.6 Å². The number of hydrogen-bond acceptors (Lipinski definition) is 4. The van der Waals surface area contributed by atoms with Crippen LogP contribution in [-0.4, -0.2) is 17.4 Å². The second-order valence-electron chi connectivity index (χ2n) is 5.72. The van der Waals surface area contributed by atoms with Gasteiger partial charge in [0.2, 0.25) is 0 Å². The summed E-state index contributed by atoms with van der Waals surface area (Å²) in [4.78, 5) is 15.5. The van der Waals surface area contributed by atoms with Gasteiger partial charge in [-0.05, 0) is 42.7 Å². The van der Waals surface area contributed by atoms with Gasteiger partial charge >= 0.3 is 0 Å². The molecule has 0 aliphatic heterocycles. The van der Waals surface area contributed by atoms with E-state index >= 15 is 0 Å². The molecule has 1 amide bonds. The Balaban J connectivity index is 1.62. The lowest BCUT2D eigenvalue weighted by molar-refractivity contribution is -0.115. The molecule has 0 spiro atoms. The van der Waals surface area contributed by atoms with Crippen LogP contribution in [-0.2, 0) is 11.3 Å². The lowest BCUT2D eigenvalue weighted by Gasteiger charge is -2.06. The van der Waals surface area contributed by atoms with Crippen LogP contribution in [0.4, 0.5) is 5.69 Å². The predicted molar refractivity (Wildman–Crippen MR) is 112 cm³/mol. The first kappa shape index (κ1) is 18.8. The van der Waals surface area contributed by atoms with Crippen LogP contribution in [0.2, 0.25) is 5.02 Å². The Morgan fingerprint density at radius 1 is 1.33 bits per heavy atom. The molecule has 2 aromatic carbocycles. The summed E-state index contributed by atoms with van der Waals surface area (Å²) in [5.41, 5.74) is 3.57. The predicted octanol–water partition coefficient (Wildman–Crippen LogP) is 3.97. The Hall–Kier alpha value is -2.99. The molecule has 3 rings (SSSR count). The van der Waals surface area contributed by atoms with E-state index in [4.69, 9.17) is 18.0 Å². The van der Waals surface area contributed by atoms with Gasteiger partial charge in [0.1, 0.15) is 5.52 Å². The van der Waals surface area contributed by atoms with E-state index in [1.807, 2.05) is 49.2 Å². The number of terminal acetylenes is 1. The standard InChI is InChI=1S/C21H16ClN3OS/c1-3-20(26)24-13-16-6-4-8-17(10-16)23-9-5-7-15-11-18(22)21-19(12-15)27-14(2)25-21/h1,4,6,8,10-12,23H,9,13H2,2H3,(H,24,26). The minimum atomic E-state index is -0.425. The summed E-state index contributed by atoms with van der Waals surface area (Å²) in [6, 6.07) is 11.6. The minimum absolute atomic E-state index is 0.386. The number of aryl methyl sites for hydroxylation is 1. The van der Waals surface area contributed by atoms with Crippen LogP contribution < -0.4 is 10.6 Å². The van der Waals surface area contributed by atoms with Crippen LogP contribution >= 0.6 is 22.9 Å². The third kappa shape index (κ3) is 5.01. The number of carbonyl (C=O) groups excluding carboxylic acids is 1. The van der Waals surface area contributed by atoms with Crippen LogP contribution in [0.1, 0.15) is 16.1 Å². The lowest BCUT2D eigenvalue weighted by Crippen LogP contribution is -2.20. The molecule has 1 heterocycles. The molecule has 134 valence electrons. The first-order chi connectivity index (χ1) is 13.0. The van der Waals surface area contributed by atoms with Crippen molar-refractivity contribution in [3.63, 3.8) is 0 Å². The number of hydrogen-bond donors (Lipinski definition) is 2. The topological polar surface area (TPSA) is 54.0 Å². The molecule has 3 aromatic rings. The number of nitrogens with zero attached hydrogens (tertiary/aromatic N) is 1. The first-order valence-electron chi connectivity index (χ1n) is 8.18. The zero-order chi connectivity index (χ0) is 19.2. The number of amides is 1. The molecule has 0 saturated heterocycles. The van der Waals surface area contributed by atoms with Gasteiger partial charge in [-0.2, -0.15) is 0 Å². The molecular weight excluding hydrogens is 378 g/mol. The zero-order valence-electron chi connectivity index (χ0n) is 14.6. The number of anilines is 1. The molecule has 0 aliphatic carbocycles. The number of aromatic nitrogens is 1. The van der Waals surface area contributed by atoms with Gasteiger partial charge in [-0.3, -0.25) is 4.79 Å². The number of nitrogens with one attached hydrogen (secondary N) is 2. The summed E-state index contributed by atoms with van der Waals surface area (Å²) in [5, 5.41) is 7.49. The maximum Gasteiger partial charge on any atom is 0.295 e. The highest BCUT2D eigenvalue weighted by Gasteiger charge is 2.06. The first-order valence-corrected chi connectivity index (χ1v) is 9.37. The lowest BCUT2D eigenvalue weighted by atomic mass is 10.2. The maximum atomic E-state index is 11.1. The summed E-state index contributed by atoms with van der Waals surface area (Å²) in [6.07, 6.45) is 5.04. The van der Waals surface area contributed by atoms with Crippen molar-refractivity contribution in [2.75, 3.05) is 11.9 Å². The van der Waals surface area contributed by atoms with Crippen LogP contribution in [0.3, 0.4) is 0 Å². The Bertz CT molecular complexity index is 1100. The summed E-state index contributed by atoms with van der Waals surface area (Å²) in [5.74, 6) is 7.82. The molecule has 0 bridgehead atoms. The van der Waals surface area contributed by atoms with E-state index in [2.05, 4.69) is 27.5 Å². The summed E-state index contributed by atoms with van der Waals surface area (Å²) in [7, 11) is 0. The van der Waals surface area contributed by atoms with E-state index < -0.39 is 5.91 Å². The average molecular weight is 394 g/mol. The molecule has 0 atom stereocenters. The van der Waals surface area contributed by atoms with Gasteiger partial charge in [-0.25, -0.2) is 4.98 Å². The molecule has 2 N–H and O–H groups in total. The van der Waals surface area contributed by atoms with E-state index in [9.17, 15) is 4.79 Å². The maximum absolute atomic E-state index is 11.1. The molecular formula is C21H16ClN3OS. The Labute approximate surface area is 167 Å². The number of halogens is 1. The average Bonchev–Trinajstić information content (AvgIpc) is 3.04. The number of fused-ring (bicyclic) bond motifs is 1. The molecule has 0 aliphatic rings. The fraction of sp³-hybridized carbons (Fsp3) is 0.143. The van der Waals surface area contributed by atoms with Crippen LogP contribution in [0.5, 0.6) is 0 Å². The molecule has 0 fully saturated rings. The highest BCUT2D eigenvalue weighted by molar-refractivity contribution is 7.18. The second-order valence-corrected chi connectivity index (χ2v) is 7.36. The van der Waals surface area contributed by atoms with Crippen LogP contribution in [0.25, 0.3) is 10.2 Å². The van der Waals surface area contributed by atoms with Crippen molar-refractivity contribution < 1.29 is 4.79 Å². The van der Waals surface area contributed by atoms with Crippen molar-refractivity contribution in [3.05, 3.63) is 57.6 Å². The van der Waals surface area contributed by atoms with Gasteiger partial charge in [-0.1, -0.05) is 35.6 Å². The smallest absolute Gasteiger partial charge is 0.295 e. The van der Waals surface area contributed by atoms with E-state index in [1.54, 1.807) is 11.3 Å². The van der Waals surface area contributed by atoms with E-state index in [-0.39, 0.29) is 0 Å². The van der Waals surface area contributed by atoms with Gasteiger partial charge in [0.05, 0.1) is 21.3 Å². The SMILES string of the molecule is C#CC(=O)NCc1cccc(NCC#Cc2cc(Cl)c3nc(C)sc3c2)c1. The van der Waals surface area contributed by atoms with Crippen molar-refractivity contribution >= 4 is 44.7 Å². The highest BCUT2D eigenvalue weighted by atomic mass is 35.5. The molecule has 6 heteroatoms.